The molecule has 1 aromatic heterocycles. The van der Waals surface area contributed by atoms with Crippen molar-refractivity contribution in [3.05, 3.63) is 27.4 Å². The Kier molecular flexibility index (Phi) is 3.81. The highest BCUT2D eigenvalue weighted by atomic mass is 32.1. The molecule has 106 valence electrons. The van der Waals surface area contributed by atoms with Gasteiger partial charge in [0.1, 0.15) is 17.4 Å². The molecule has 0 bridgehead atoms. The molecule has 1 aliphatic rings. The largest absolute Gasteiger partial charge is 0.394 e. The molecular weight excluding hydrogens is 282 g/mol. The molecule has 1 aliphatic heterocycles. The van der Waals surface area contributed by atoms with E-state index in [1.807, 2.05) is 0 Å². The summed E-state index contributed by atoms with van der Waals surface area (Å²) in [6, 6.07) is 1.32. The molecule has 0 saturated carbocycles. The summed E-state index contributed by atoms with van der Waals surface area (Å²) in [6.45, 7) is -2.20. The van der Waals surface area contributed by atoms with E-state index < -0.39 is 43.1 Å². The molecule has 2 rings (SSSR count). The molecule has 0 amide bonds. The predicted molar refractivity (Wildman–Crippen MR) is 62.7 cm³/mol. The lowest BCUT2D eigenvalue weighted by Gasteiger charge is -2.27. The second kappa shape index (κ2) is 5.08. The minimum Gasteiger partial charge on any atom is -0.394 e. The van der Waals surface area contributed by atoms with Crippen LogP contribution in [0.25, 0.3) is 0 Å². The Labute approximate surface area is 111 Å². The van der Waals surface area contributed by atoms with Crippen LogP contribution in [0.3, 0.4) is 0 Å². The number of ether oxygens (including phenoxy) is 1. The number of alkyl halides is 2. The Morgan fingerprint density at radius 2 is 2.32 bits per heavy atom. The minimum atomic E-state index is -2.53. The summed E-state index contributed by atoms with van der Waals surface area (Å²) in [5.74, 6) is 0. The van der Waals surface area contributed by atoms with Gasteiger partial charge in [0, 0.05) is 6.20 Å². The fraction of sp³-hybridized carbons (Fsp3) is 0.600. The number of H-pyrrole nitrogens is 1. The van der Waals surface area contributed by atoms with Gasteiger partial charge in [-0.25, -0.2) is 13.6 Å². The maximum absolute atomic E-state index is 13.9. The van der Waals surface area contributed by atoms with Crippen LogP contribution in [0.15, 0.2) is 17.1 Å². The fourth-order valence-electron chi connectivity index (χ4n) is 2.00. The molecule has 1 saturated heterocycles. The Morgan fingerprint density at radius 3 is 2.84 bits per heavy atom. The van der Waals surface area contributed by atoms with Gasteiger partial charge < -0.3 is 14.9 Å². The van der Waals surface area contributed by atoms with Crippen LogP contribution in [0.2, 0.25) is 0 Å². The summed E-state index contributed by atoms with van der Waals surface area (Å²) in [5, 5.41) is 18.9. The number of hydrogen-bond acceptors (Lipinski definition) is 5. The summed E-state index contributed by atoms with van der Waals surface area (Å²) >= 11 is 4.73. The van der Waals surface area contributed by atoms with Crippen LogP contribution in [0.1, 0.15) is 6.23 Å². The summed E-state index contributed by atoms with van der Waals surface area (Å²) in [4.78, 5) is 13.9. The van der Waals surface area contributed by atoms with Gasteiger partial charge in [-0.3, -0.25) is 9.55 Å². The average Bonchev–Trinajstić information content (AvgIpc) is 2.63. The van der Waals surface area contributed by atoms with Crippen LogP contribution in [0, 0.1) is 4.64 Å². The van der Waals surface area contributed by atoms with Gasteiger partial charge >= 0.3 is 5.69 Å². The van der Waals surface area contributed by atoms with Crippen LogP contribution < -0.4 is 5.69 Å². The molecule has 6 nitrogen and oxygen atoms in total. The van der Waals surface area contributed by atoms with E-state index in [0.717, 1.165) is 4.57 Å². The number of halogens is 2. The van der Waals surface area contributed by atoms with Gasteiger partial charge in [0.05, 0.1) is 6.61 Å². The van der Waals surface area contributed by atoms with E-state index in [4.69, 9.17) is 22.1 Å². The molecule has 4 atom stereocenters. The monoisotopic (exact) mass is 294 g/mol. The number of rotatable bonds is 3. The highest BCUT2D eigenvalue weighted by molar-refractivity contribution is 7.71. The van der Waals surface area contributed by atoms with Gasteiger partial charge in [-0.15, -0.1) is 0 Å². The summed E-state index contributed by atoms with van der Waals surface area (Å²) in [6.07, 6.45) is -3.97. The van der Waals surface area contributed by atoms with Crippen LogP contribution in [-0.4, -0.2) is 50.9 Å². The summed E-state index contributed by atoms with van der Waals surface area (Å²) in [7, 11) is 0. The number of aromatic amines is 1. The topological polar surface area (TPSA) is 87.5 Å². The van der Waals surface area contributed by atoms with Gasteiger partial charge in [0.15, 0.2) is 18.0 Å². The zero-order valence-corrected chi connectivity index (χ0v) is 10.4. The minimum absolute atomic E-state index is 0.138. The SMILES string of the molecule is O=c1[nH]c(=S)ccn1[C@@H]1O[C@H](CO)[C@H](F)C1(O)CF. The number of aromatic nitrogens is 2. The maximum Gasteiger partial charge on any atom is 0.328 e. The average molecular weight is 294 g/mol. The van der Waals surface area contributed by atoms with E-state index in [9.17, 15) is 18.7 Å². The zero-order valence-electron chi connectivity index (χ0n) is 9.62. The van der Waals surface area contributed by atoms with Gasteiger partial charge in [-0.1, -0.05) is 12.2 Å². The molecule has 0 radical (unpaired) electrons. The van der Waals surface area contributed by atoms with Crippen molar-refractivity contribution in [2.24, 2.45) is 0 Å². The second-order valence-corrected chi connectivity index (χ2v) is 4.69. The van der Waals surface area contributed by atoms with Crippen LogP contribution >= 0.6 is 12.2 Å². The van der Waals surface area contributed by atoms with Crippen molar-refractivity contribution < 1.29 is 23.7 Å². The lowest BCUT2D eigenvalue weighted by Crippen LogP contribution is -2.48. The lowest BCUT2D eigenvalue weighted by molar-refractivity contribution is -0.113. The molecule has 2 heterocycles. The van der Waals surface area contributed by atoms with Gasteiger partial charge in [0.25, 0.3) is 0 Å². The molecule has 1 fully saturated rings. The number of aliphatic hydroxyl groups excluding tert-OH is 1. The lowest BCUT2D eigenvalue weighted by atomic mass is 9.97. The molecular formula is C10H12F2N2O4S. The van der Waals surface area contributed by atoms with Gasteiger partial charge in [0.2, 0.25) is 0 Å². The molecule has 9 heteroatoms. The Hall–Kier alpha value is -1.16. The van der Waals surface area contributed by atoms with E-state index in [2.05, 4.69) is 4.98 Å². The zero-order chi connectivity index (χ0) is 14.2. The van der Waals surface area contributed by atoms with E-state index in [0.29, 0.717) is 0 Å². The summed E-state index contributed by atoms with van der Waals surface area (Å²) < 4.78 is 32.8. The highest BCUT2D eigenvalue weighted by Gasteiger charge is 2.57. The second-order valence-electron chi connectivity index (χ2n) is 4.25. The third-order valence-corrected chi connectivity index (χ3v) is 3.27. The van der Waals surface area contributed by atoms with Crippen molar-refractivity contribution in [1.29, 1.82) is 0 Å². The van der Waals surface area contributed by atoms with E-state index in [1.165, 1.54) is 12.3 Å². The van der Waals surface area contributed by atoms with Crippen molar-refractivity contribution in [2.45, 2.75) is 24.1 Å². The molecule has 0 aromatic carbocycles. The quantitative estimate of drug-likeness (QED) is 0.674. The van der Waals surface area contributed by atoms with Crippen molar-refractivity contribution in [3.63, 3.8) is 0 Å². The first-order valence-corrected chi connectivity index (χ1v) is 5.85. The van der Waals surface area contributed by atoms with Crippen molar-refractivity contribution in [1.82, 2.24) is 9.55 Å². The maximum atomic E-state index is 13.9. The number of aliphatic hydroxyl groups is 2. The number of nitrogens with one attached hydrogen (secondary N) is 1. The van der Waals surface area contributed by atoms with Crippen LogP contribution in [0.5, 0.6) is 0 Å². The number of nitrogens with zero attached hydrogens (tertiary/aromatic N) is 1. The first kappa shape index (κ1) is 14.3. The Morgan fingerprint density at radius 1 is 1.63 bits per heavy atom. The molecule has 0 aliphatic carbocycles. The van der Waals surface area contributed by atoms with Crippen molar-refractivity contribution >= 4 is 12.2 Å². The normalized spacial score (nSPS) is 34.6. The number of hydrogen-bond donors (Lipinski definition) is 3. The van der Waals surface area contributed by atoms with Gasteiger partial charge in [-0.2, -0.15) is 0 Å². The standard InChI is InChI=1S/C10H12F2N2O4S/c11-4-10(17)7(12)5(3-15)18-8(10)14-2-1-6(19)13-9(14)16/h1-2,5,7-8,15,17H,3-4H2,(H,13,16,19)/t5-,7+,8-,10?/m1/s1. The smallest absolute Gasteiger partial charge is 0.328 e. The van der Waals surface area contributed by atoms with Crippen molar-refractivity contribution in [3.8, 4) is 0 Å². The first-order valence-electron chi connectivity index (χ1n) is 5.44. The van der Waals surface area contributed by atoms with Crippen molar-refractivity contribution in [2.75, 3.05) is 13.3 Å². The predicted octanol–water partition coefficient (Wildman–Crippen LogP) is -0.166. The molecule has 3 N–H and O–H groups in total. The fourth-order valence-corrected chi connectivity index (χ4v) is 2.15. The highest BCUT2D eigenvalue weighted by Crippen LogP contribution is 2.39. The third kappa shape index (κ3) is 2.22. The van der Waals surface area contributed by atoms with Crippen LogP contribution in [-0.2, 0) is 4.74 Å². The first-order chi connectivity index (χ1) is 8.93. The third-order valence-electron chi connectivity index (χ3n) is 3.03. The van der Waals surface area contributed by atoms with Crippen LogP contribution in [0.4, 0.5) is 8.78 Å². The molecule has 1 unspecified atom stereocenters. The molecule has 19 heavy (non-hydrogen) atoms. The van der Waals surface area contributed by atoms with E-state index in [1.54, 1.807) is 0 Å². The molecule has 1 aromatic rings. The van der Waals surface area contributed by atoms with E-state index in [-0.39, 0.29) is 4.64 Å². The Bertz CT molecular complexity index is 577. The molecule has 0 spiro atoms. The Balaban J connectivity index is 2.48. The summed E-state index contributed by atoms with van der Waals surface area (Å²) in [5.41, 5.74) is -3.30. The van der Waals surface area contributed by atoms with E-state index >= 15 is 0 Å². The van der Waals surface area contributed by atoms with Gasteiger partial charge in [-0.05, 0) is 6.07 Å².